The van der Waals surface area contributed by atoms with Crippen molar-refractivity contribution in [2.24, 2.45) is 0 Å². The molecular weight excluding hydrogens is 264 g/mol. The molecule has 0 saturated carbocycles. The maximum absolute atomic E-state index is 10.8. The molecule has 0 fully saturated rings. The Labute approximate surface area is 118 Å². The number of hydrogen-bond acceptors (Lipinski definition) is 2. The second kappa shape index (κ2) is 8.59. The zero-order valence-electron chi connectivity index (χ0n) is 10.9. The predicted octanol–water partition coefficient (Wildman–Crippen LogP) is 4.55. The van der Waals surface area contributed by atoms with Crippen LogP contribution >= 0.6 is 11.6 Å². The van der Waals surface area contributed by atoms with Gasteiger partial charge in [-0.3, -0.25) is 0 Å². The van der Waals surface area contributed by atoms with Crippen LogP contribution in [-0.4, -0.2) is 17.7 Å². The zero-order chi connectivity index (χ0) is 14.1. The van der Waals surface area contributed by atoms with Crippen molar-refractivity contribution in [1.82, 2.24) is 0 Å². The van der Waals surface area contributed by atoms with Crippen LogP contribution < -0.4 is 4.74 Å². The predicted molar refractivity (Wildman–Crippen MR) is 77.2 cm³/mol. The van der Waals surface area contributed by atoms with Crippen LogP contribution in [0.25, 0.3) is 0 Å². The van der Waals surface area contributed by atoms with Gasteiger partial charge >= 0.3 is 5.97 Å². The summed E-state index contributed by atoms with van der Waals surface area (Å²) in [6.07, 6.45) is 7.44. The number of rotatable bonds is 9. The van der Waals surface area contributed by atoms with Crippen molar-refractivity contribution < 1.29 is 14.6 Å². The monoisotopic (exact) mass is 282 g/mol. The van der Waals surface area contributed by atoms with E-state index in [1.165, 1.54) is 18.9 Å². The number of benzene rings is 1. The summed E-state index contributed by atoms with van der Waals surface area (Å²) in [6.45, 7) is 4.30. The molecule has 0 saturated heterocycles. The van der Waals surface area contributed by atoms with Gasteiger partial charge in [0.2, 0.25) is 0 Å². The lowest BCUT2D eigenvalue weighted by Crippen LogP contribution is -2.00. The average Bonchev–Trinajstić information content (AvgIpc) is 2.37. The Hall–Kier alpha value is -1.48. The summed E-state index contributed by atoms with van der Waals surface area (Å²) in [4.78, 5) is 10.8. The van der Waals surface area contributed by atoms with Crippen LogP contribution in [0.5, 0.6) is 5.75 Å². The van der Waals surface area contributed by atoms with Gasteiger partial charge in [-0.15, -0.1) is 6.58 Å². The third-order valence-corrected chi connectivity index (χ3v) is 3.05. The van der Waals surface area contributed by atoms with Gasteiger partial charge < -0.3 is 9.84 Å². The van der Waals surface area contributed by atoms with E-state index in [1.807, 2.05) is 6.08 Å². The fraction of sp³-hybridized carbons (Fsp3) is 0.400. The smallest absolute Gasteiger partial charge is 0.337 e. The van der Waals surface area contributed by atoms with Crippen LogP contribution in [0, 0.1) is 0 Å². The van der Waals surface area contributed by atoms with Gasteiger partial charge in [0.15, 0.2) is 0 Å². The second-order valence-electron chi connectivity index (χ2n) is 4.29. The van der Waals surface area contributed by atoms with Crippen LogP contribution in [0.1, 0.15) is 42.5 Å². The van der Waals surface area contributed by atoms with E-state index in [2.05, 4.69) is 6.58 Å². The first-order valence-electron chi connectivity index (χ1n) is 6.41. The summed E-state index contributed by atoms with van der Waals surface area (Å²) in [7, 11) is 0. The summed E-state index contributed by atoms with van der Waals surface area (Å²) in [6, 6.07) is 4.64. The van der Waals surface area contributed by atoms with Gasteiger partial charge in [0.1, 0.15) is 5.75 Å². The molecule has 1 aromatic carbocycles. The van der Waals surface area contributed by atoms with Crippen molar-refractivity contribution in [1.29, 1.82) is 0 Å². The molecular formula is C15H19ClO3. The van der Waals surface area contributed by atoms with Crippen molar-refractivity contribution in [3.05, 3.63) is 41.4 Å². The van der Waals surface area contributed by atoms with Gasteiger partial charge in [-0.25, -0.2) is 4.79 Å². The molecule has 0 amide bonds. The third kappa shape index (κ3) is 5.79. The maximum atomic E-state index is 10.8. The molecule has 0 bridgehead atoms. The highest BCUT2D eigenvalue weighted by Gasteiger charge is 2.09. The number of unbranched alkanes of at least 4 members (excludes halogenated alkanes) is 4. The number of ether oxygens (including phenoxy) is 1. The first-order chi connectivity index (χ1) is 9.15. The first kappa shape index (κ1) is 15.6. The Morgan fingerprint density at radius 2 is 2.05 bits per heavy atom. The van der Waals surface area contributed by atoms with Crippen LogP contribution in [0.2, 0.25) is 5.02 Å². The molecule has 0 aliphatic carbocycles. The number of halogens is 1. The Bertz CT molecular complexity index is 429. The fourth-order valence-electron chi connectivity index (χ4n) is 1.69. The van der Waals surface area contributed by atoms with Crippen molar-refractivity contribution >= 4 is 17.6 Å². The van der Waals surface area contributed by atoms with Crippen LogP contribution in [0.15, 0.2) is 30.9 Å². The molecule has 1 N–H and O–H groups in total. The summed E-state index contributed by atoms with van der Waals surface area (Å²) in [5.41, 5.74) is 0.0958. The molecule has 1 rings (SSSR count). The minimum atomic E-state index is -1.03. The standard InChI is InChI=1S/C15H19ClO3/c1-2-3-4-5-6-7-10-19-12-8-9-13(15(17)18)14(16)11-12/h2,8-9,11H,1,3-7,10H2,(H,17,18). The topological polar surface area (TPSA) is 46.5 Å². The normalized spacial score (nSPS) is 10.2. The minimum absolute atomic E-state index is 0.0958. The molecule has 0 spiro atoms. The average molecular weight is 283 g/mol. The number of allylic oxidation sites excluding steroid dienone is 1. The van der Waals surface area contributed by atoms with Crippen LogP contribution in [0.4, 0.5) is 0 Å². The van der Waals surface area contributed by atoms with E-state index in [9.17, 15) is 4.79 Å². The van der Waals surface area contributed by atoms with Crippen LogP contribution in [0.3, 0.4) is 0 Å². The molecule has 0 aliphatic rings. The van der Waals surface area contributed by atoms with Crippen molar-refractivity contribution in [3.63, 3.8) is 0 Å². The van der Waals surface area contributed by atoms with Gasteiger partial charge in [0, 0.05) is 0 Å². The molecule has 0 atom stereocenters. The first-order valence-corrected chi connectivity index (χ1v) is 6.79. The number of carboxylic acid groups (broad SMARTS) is 1. The molecule has 0 radical (unpaired) electrons. The Balaban J connectivity index is 2.28. The van der Waals surface area contributed by atoms with E-state index in [0.717, 1.165) is 19.3 Å². The second-order valence-corrected chi connectivity index (χ2v) is 4.69. The minimum Gasteiger partial charge on any atom is -0.494 e. The van der Waals surface area contributed by atoms with Crippen molar-refractivity contribution in [2.45, 2.75) is 32.1 Å². The van der Waals surface area contributed by atoms with Gasteiger partial charge in [-0.1, -0.05) is 30.5 Å². The molecule has 19 heavy (non-hydrogen) atoms. The highest BCUT2D eigenvalue weighted by molar-refractivity contribution is 6.33. The van der Waals surface area contributed by atoms with Crippen molar-refractivity contribution in [2.75, 3.05) is 6.61 Å². The number of hydrogen-bond donors (Lipinski definition) is 1. The number of carbonyl (C=O) groups is 1. The highest BCUT2D eigenvalue weighted by Crippen LogP contribution is 2.22. The van der Waals surface area contributed by atoms with Gasteiger partial charge in [-0.2, -0.15) is 0 Å². The lowest BCUT2D eigenvalue weighted by Gasteiger charge is -2.07. The molecule has 0 aliphatic heterocycles. The van der Waals surface area contributed by atoms with Crippen LogP contribution in [-0.2, 0) is 0 Å². The molecule has 4 heteroatoms. The summed E-state index contributed by atoms with van der Waals surface area (Å²) in [5.74, 6) is -0.417. The molecule has 0 heterocycles. The van der Waals surface area contributed by atoms with E-state index < -0.39 is 5.97 Å². The lowest BCUT2D eigenvalue weighted by molar-refractivity contribution is 0.0697. The summed E-state index contributed by atoms with van der Waals surface area (Å²) >= 11 is 5.85. The molecule has 104 valence electrons. The maximum Gasteiger partial charge on any atom is 0.337 e. The summed E-state index contributed by atoms with van der Waals surface area (Å²) < 4.78 is 5.53. The van der Waals surface area contributed by atoms with E-state index in [1.54, 1.807) is 12.1 Å². The Morgan fingerprint density at radius 3 is 2.68 bits per heavy atom. The molecule has 1 aromatic rings. The number of carboxylic acids is 1. The van der Waals surface area contributed by atoms with Gasteiger partial charge in [0.25, 0.3) is 0 Å². The fourth-order valence-corrected chi connectivity index (χ4v) is 1.94. The lowest BCUT2D eigenvalue weighted by atomic mass is 10.1. The largest absolute Gasteiger partial charge is 0.494 e. The van der Waals surface area contributed by atoms with E-state index in [0.29, 0.717) is 12.4 Å². The van der Waals surface area contributed by atoms with Crippen molar-refractivity contribution in [3.8, 4) is 5.75 Å². The quantitative estimate of drug-likeness (QED) is 0.534. The van der Waals surface area contributed by atoms with Gasteiger partial charge in [-0.05, 0) is 37.5 Å². The number of aromatic carboxylic acids is 1. The molecule has 0 aromatic heterocycles. The zero-order valence-corrected chi connectivity index (χ0v) is 11.7. The third-order valence-electron chi connectivity index (χ3n) is 2.74. The Kier molecular flexibility index (Phi) is 7.04. The molecule has 3 nitrogen and oxygen atoms in total. The summed E-state index contributed by atoms with van der Waals surface area (Å²) in [5, 5.41) is 9.05. The highest BCUT2D eigenvalue weighted by atomic mass is 35.5. The SMILES string of the molecule is C=CCCCCCCOc1ccc(C(=O)O)c(Cl)c1. The van der Waals surface area contributed by atoms with E-state index >= 15 is 0 Å². The van der Waals surface area contributed by atoms with Gasteiger partial charge in [0.05, 0.1) is 17.2 Å². The Morgan fingerprint density at radius 1 is 1.32 bits per heavy atom. The van der Waals surface area contributed by atoms with E-state index in [4.69, 9.17) is 21.4 Å². The molecule has 0 unspecified atom stereocenters. The van der Waals surface area contributed by atoms with E-state index in [-0.39, 0.29) is 10.6 Å².